The average Bonchev–Trinajstić information content (AvgIpc) is 2.67. The predicted octanol–water partition coefficient (Wildman–Crippen LogP) is 3.46. The van der Waals surface area contributed by atoms with E-state index in [0.717, 1.165) is 16.9 Å². The van der Waals surface area contributed by atoms with Crippen molar-refractivity contribution in [3.05, 3.63) is 65.7 Å². The zero-order valence-electron chi connectivity index (χ0n) is 17.5. The van der Waals surface area contributed by atoms with Crippen molar-refractivity contribution >= 4 is 35.8 Å². The molecule has 2 aromatic rings. The minimum absolute atomic E-state index is 0. The molecule has 0 aliphatic rings. The number of nitrogens with one attached hydrogen (secondary N) is 3. The second-order valence-corrected chi connectivity index (χ2v) is 7.50. The van der Waals surface area contributed by atoms with E-state index in [1.54, 1.807) is 7.05 Å². The third-order valence-electron chi connectivity index (χ3n) is 3.79. The first-order chi connectivity index (χ1) is 13.4. The Kier molecular flexibility index (Phi) is 10.5. The van der Waals surface area contributed by atoms with Crippen LogP contribution in [0.1, 0.15) is 31.9 Å². The summed E-state index contributed by atoms with van der Waals surface area (Å²) in [5, 5.41) is 9.13. The summed E-state index contributed by atoms with van der Waals surface area (Å²) in [7, 11) is 1.68. The number of aliphatic imine (C=N–C) groups is 1. The zero-order chi connectivity index (χ0) is 20.4. The first kappa shape index (κ1) is 24.7. The van der Waals surface area contributed by atoms with Crippen LogP contribution in [0, 0.1) is 0 Å². The van der Waals surface area contributed by atoms with Gasteiger partial charge >= 0.3 is 0 Å². The van der Waals surface area contributed by atoms with Gasteiger partial charge in [0.1, 0.15) is 12.4 Å². The van der Waals surface area contributed by atoms with Gasteiger partial charge in [-0.3, -0.25) is 9.79 Å². The second kappa shape index (κ2) is 12.3. The van der Waals surface area contributed by atoms with Crippen molar-refractivity contribution in [2.24, 2.45) is 4.99 Å². The number of ether oxygens (including phenoxy) is 1. The molecule has 0 aromatic heterocycles. The van der Waals surface area contributed by atoms with Gasteiger partial charge in [0.25, 0.3) is 0 Å². The van der Waals surface area contributed by atoms with E-state index in [0.29, 0.717) is 19.1 Å². The lowest BCUT2D eigenvalue weighted by Crippen LogP contribution is -2.48. The standard InChI is InChI=1S/C22H30N4O2.HI/c1-22(2,3)26-20(27)15-25-21(23-4)24-14-17-10-12-18(13-11-17)16-28-19-8-6-5-7-9-19;/h5-13H,14-16H2,1-4H3,(H,26,27)(H2,23,24,25);1H. The van der Waals surface area contributed by atoms with Crippen molar-refractivity contribution in [3.63, 3.8) is 0 Å². The highest BCUT2D eigenvalue weighted by Crippen LogP contribution is 2.12. The van der Waals surface area contributed by atoms with Crippen LogP contribution in [0.2, 0.25) is 0 Å². The Bertz CT molecular complexity index is 772. The SMILES string of the molecule is CN=C(NCC(=O)NC(C)(C)C)NCc1ccc(COc2ccccc2)cc1.I. The van der Waals surface area contributed by atoms with Gasteiger partial charge in [0.15, 0.2) is 5.96 Å². The van der Waals surface area contributed by atoms with E-state index < -0.39 is 0 Å². The van der Waals surface area contributed by atoms with Gasteiger partial charge in [-0.25, -0.2) is 0 Å². The molecule has 0 spiro atoms. The number of para-hydroxylation sites is 1. The Labute approximate surface area is 190 Å². The van der Waals surface area contributed by atoms with E-state index >= 15 is 0 Å². The zero-order valence-corrected chi connectivity index (χ0v) is 19.8. The number of carbonyl (C=O) groups is 1. The van der Waals surface area contributed by atoms with Crippen LogP contribution in [0.25, 0.3) is 0 Å². The molecule has 29 heavy (non-hydrogen) atoms. The topological polar surface area (TPSA) is 74.8 Å². The van der Waals surface area contributed by atoms with Crippen LogP contribution < -0.4 is 20.7 Å². The van der Waals surface area contributed by atoms with Gasteiger partial charge in [-0.15, -0.1) is 24.0 Å². The predicted molar refractivity (Wildman–Crippen MR) is 129 cm³/mol. The highest BCUT2D eigenvalue weighted by molar-refractivity contribution is 14.0. The van der Waals surface area contributed by atoms with Crippen molar-refractivity contribution in [3.8, 4) is 5.75 Å². The van der Waals surface area contributed by atoms with Gasteiger partial charge < -0.3 is 20.7 Å². The van der Waals surface area contributed by atoms with Gasteiger partial charge in [-0.05, 0) is 44.0 Å². The average molecular weight is 510 g/mol. The number of hydrogen-bond donors (Lipinski definition) is 3. The van der Waals surface area contributed by atoms with Crippen LogP contribution in [0.3, 0.4) is 0 Å². The highest BCUT2D eigenvalue weighted by Gasteiger charge is 2.13. The first-order valence-corrected chi connectivity index (χ1v) is 9.37. The molecule has 0 heterocycles. The molecule has 7 heteroatoms. The lowest BCUT2D eigenvalue weighted by molar-refractivity contribution is -0.121. The Balaban J connectivity index is 0.00000420. The lowest BCUT2D eigenvalue weighted by atomic mass is 10.1. The lowest BCUT2D eigenvalue weighted by Gasteiger charge is -2.21. The van der Waals surface area contributed by atoms with Crippen LogP contribution in [0.5, 0.6) is 5.75 Å². The number of nitrogens with zero attached hydrogens (tertiary/aromatic N) is 1. The molecule has 0 unspecified atom stereocenters. The Hall–Kier alpha value is -2.29. The molecule has 0 bridgehead atoms. The molecule has 0 saturated heterocycles. The molecule has 0 radical (unpaired) electrons. The molecule has 0 atom stereocenters. The van der Waals surface area contributed by atoms with Gasteiger partial charge in [-0.1, -0.05) is 42.5 Å². The smallest absolute Gasteiger partial charge is 0.239 e. The van der Waals surface area contributed by atoms with Gasteiger partial charge in [0.2, 0.25) is 5.91 Å². The molecule has 2 rings (SSSR count). The molecule has 158 valence electrons. The third-order valence-corrected chi connectivity index (χ3v) is 3.79. The molecular formula is C22H31IN4O2. The van der Waals surface area contributed by atoms with Crippen molar-refractivity contribution in [1.29, 1.82) is 0 Å². The highest BCUT2D eigenvalue weighted by atomic mass is 127. The maximum absolute atomic E-state index is 11.9. The van der Waals surface area contributed by atoms with E-state index in [1.165, 1.54) is 0 Å². The quantitative estimate of drug-likeness (QED) is 0.303. The Morgan fingerprint density at radius 2 is 1.59 bits per heavy atom. The van der Waals surface area contributed by atoms with Crippen molar-refractivity contribution in [2.75, 3.05) is 13.6 Å². The third kappa shape index (κ3) is 10.2. The summed E-state index contributed by atoms with van der Waals surface area (Å²) in [4.78, 5) is 16.0. The molecule has 0 aliphatic carbocycles. The Morgan fingerprint density at radius 3 is 2.17 bits per heavy atom. The number of guanidine groups is 1. The van der Waals surface area contributed by atoms with E-state index in [2.05, 4.69) is 33.1 Å². The van der Waals surface area contributed by atoms with Crippen LogP contribution in [0.4, 0.5) is 0 Å². The normalized spacial score (nSPS) is 11.2. The molecule has 6 nitrogen and oxygen atoms in total. The molecular weight excluding hydrogens is 479 g/mol. The summed E-state index contributed by atoms with van der Waals surface area (Å²) in [5.74, 6) is 1.37. The van der Waals surface area contributed by atoms with Crippen molar-refractivity contribution < 1.29 is 9.53 Å². The molecule has 0 saturated carbocycles. The largest absolute Gasteiger partial charge is 0.489 e. The van der Waals surface area contributed by atoms with Crippen LogP contribution in [0.15, 0.2) is 59.6 Å². The number of benzene rings is 2. The van der Waals surface area contributed by atoms with Crippen LogP contribution in [-0.4, -0.2) is 31.0 Å². The molecule has 1 amide bonds. The number of rotatable bonds is 7. The van der Waals surface area contributed by atoms with Gasteiger partial charge in [0, 0.05) is 19.1 Å². The number of amides is 1. The molecule has 2 aromatic carbocycles. The van der Waals surface area contributed by atoms with Gasteiger partial charge in [-0.2, -0.15) is 0 Å². The van der Waals surface area contributed by atoms with Crippen LogP contribution >= 0.6 is 24.0 Å². The molecule has 0 fully saturated rings. The van der Waals surface area contributed by atoms with E-state index in [9.17, 15) is 4.79 Å². The summed E-state index contributed by atoms with van der Waals surface area (Å²) >= 11 is 0. The van der Waals surface area contributed by atoms with Crippen molar-refractivity contribution in [2.45, 2.75) is 39.5 Å². The summed E-state index contributed by atoms with van der Waals surface area (Å²) < 4.78 is 5.75. The molecule has 3 N–H and O–H groups in total. The number of halogens is 1. The fourth-order valence-corrected chi connectivity index (χ4v) is 2.47. The van der Waals surface area contributed by atoms with E-state index in [4.69, 9.17) is 4.74 Å². The van der Waals surface area contributed by atoms with E-state index in [-0.39, 0.29) is 42.0 Å². The fraction of sp³-hybridized carbons (Fsp3) is 0.364. The maximum Gasteiger partial charge on any atom is 0.239 e. The fourth-order valence-electron chi connectivity index (χ4n) is 2.47. The van der Waals surface area contributed by atoms with Crippen molar-refractivity contribution in [1.82, 2.24) is 16.0 Å². The monoisotopic (exact) mass is 510 g/mol. The molecule has 0 aliphatic heterocycles. The summed E-state index contributed by atoms with van der Waals surface area (Å²) in [6.45, 7) is 7.17. The number of hydrogen-bond acceptors (Lipinski definition) is 3. The van der Waals surface area contributed by atoms with E-state index in [1.807, 2.05) is 63.2 Å². The second-order valence-electron chi connectivity index (χ2n) is 7.50. The first-order valence-electron chi connectivity index (χ1n) is 9.37. The maximum atomic E-state index is 11.9. The van der Waals surface area contributed by atoms with Crippen LogP contribution in [-0.2, 0) is 17.9 Å². The minimum Gasteiger partial charge on any atom is -0.489 e. The summed E-state index contributed by atoms with van der Waals surface area (Å²) in [6, 6.07) is 18.0. The summed E-state index contributed by atoms with van der Waals surface area (Å²) in [5.41, 5.74) is 1.97. The Morgan fingerprint density at radius 1 is 0.966 bits per heavy atom. The minimum atomic E-state index is -0.248. The summed E-state index contributed by atoms with van der Waals surface area (Å²) in [6.07, 6.45) is 0. The van der Waals surface area contributed by atoms with Gasteiger partial charge in [0.05, 0.1) is 6.54 Å². The number of carbonyl (C=O) groups excluding carboxylic acids is 1.